The van der Waals surface area contributed by atoms with Crippen molar-refractivity contribution in [2.24, 2.45) is 5.73 Å². The van der Waals surface area contributed by atoms with E-state index < -0.39 is 6.04 Å². The SMILES string of the molecule is COCCC(N)C(=O)N(C)Cc1ccc(OC)cc1. The monoisotopic (exact) mass is 266 g/mol. The van der Waals surface area contributed by atoms with Gasteiger partial charge in [0.25, 0.3) is 0 Å². The van der Waals surface area contributed by atoms with Crippen molar-refractivity contribution >= 4 is 5.91 Å². The zero-order valence-electron chi connectivity index (χ0n) is 11.8. The van der Waals surface area contributed by atoms with Crippen molar-refractivity contribution in [1.29, 1.82) is 0 Å². The maximum Gasteiger partial charge on any atom is 0.239 e. The summed E-state index contributed by atoms with van der Waals surface area (Å²) in [6.07, 6.45) is 0.530. The van der Waals surface area contributed by atoms with E-state index in [1.54, 1.807) is 26.2 Å². The molecule has 19 heavy (non-hydrogen) atoms. The predicted octanol–water partition coefficient (Wildman–Crippen LogP) is 1.02. The van der Waals surface area contributed by atoms with Crippen LogP contribution in [-0.2, 0) is 16.1 Å². The van der Waals surface area contributed by atoms with Crippen molar-refractivity contribution in [3.8, 4) is 5.75 Å². The number of rotatable bonds is 7. The van der Waals surface area contributed by atoms with Crippen molar-refractivity contribution in [3.05, 3.63) is 29.8 Å². The molecule has 1 amide bonds. The first-order valence-electron chi connectivity index (χ1n) is 6.21. The molecule has 106 valence electrons. The average molecular weight is 266 g/mol. The second kappa shape index (κ2) is 7.76. The van der Waals surface area contributed by atoms with Gasteiger partial charge in [-0.2, -0.15) is 0 Å². The van der Waals surface area contributed by atoms with Gasteiger partial charge in [-0.05, 0) is 24.1 Å². The zero-order valence-corrected chi connectivity index (χ0v) is 11.8. The Hall–Kier alpha value is -1.59. The second-order valence-corrected chi connectivity index (χ2v) is 4.43. The van der Waals surface area contributed by atoms with E-state index in [1.807, 2.05) is 24.3 Å². The maximum absolute atomic E-state index is 12.0. The average Bonchev–Trinajstić information content (AvgIpc) is 2.44. The minimum atomic E-state index is -0.511. The Bertz CT molecular complexity index is 392. The van der Waals surface area contributed by atoms with E-state index in [1.165, 1.54) is 0 Å². The summed E-state index contributed by atoms with van der Waals surface area (Å²) in [5.74, 6) is 0.724. The highest BCUT2D eigenvalue weighted by molar-refractivity contribution is 5.81. The number of benzene rings is 1. The molecule has 5 heteroatoms. The fourth-order valence-corrected chi connectivity index (χ4v) is 1.73. The van der Waals surface area contributed by atoms with E-state index in [2.05, 4.69) is 0 Å². The lowest BCUT2D eigenvalue weighted by atomic mass is 10.1. The Morgan fingerprint density at radius 3 is 2.47 bits per heavy atom. The number of amides is 1. The van der Waals surface area contributed by atoms with E-state index in [4.69, 9.17) is 15.2 Å². The van der Waals surface area contributed by atoms with Gasteiger partial charge in [0, 0.05) is 27.3 Å². The summed E-state index contributed by atoms with van der Waals surface area (Å²) < 4.78 is 10.0. The van der Waals surface area contributed by atoms with Crippen LogP contribution in [0.15, 0.2) is 24.3 Å². The maximum atomic E-state index is 12.0. The van der Waals surface area contributed by atoms with E-state index in [-0.39, 0.29) is 5.91 Å². The normalized spacial score (nSPS) is 12.0. The summed E-state index contributed by atoms with van der Waals surface area (Å²) in [6, 6.07) is 7.10. The van der Waals surface area contributed by atoms with Crippen LogP contribution < -0.4 is 10.5 Å². The Kier molecular flexibility index (Phi) is 6.32. The lowest BCUT2D eigenvalue weighted by Crippen LogP contribution is -2.42. The van der Waals surface area contributed by atoms with Gasteiger partial charge in [0.1, 0.15) is 5.75 Å². The highest BCUT2D eigenvalue weighted by Crippen LogP contribution is 2.12. The van der Waals surface area contributed by atoms with E-state index in [9.17, 15) is 4.79 Å². The molecule has 0 saturated carbocycles. The molecule has 1 aromatic carbocycles. The van der Waals surface area contributed by atoms with Crippen LogP contribution in [0.1, 0.15) is 12.0 Å². The number of methoxy groups -OCH3 is 2. The van der Waals surface area contributed by atoms with Crippen LogP contribution in [0.4, 0.5) is 0 Å². The van der Waals surface area contributed by atoms with Crippen LogP contribution in [0.25, 0.3) is 0 Å². The van der Waals surface area contributed by atoms with Gasteiger partial charge in [0.05, 0.1) is 13.2 Å². The lowest BCUT2D eigenvalue weighted by Gasteiger charge is -2.21. The van der Waals surface area contributed by atoms with Crippen molar-refractivity contribution in [2.75, 3.05) is 27.9 Å². The number of carbonyl (C=O) groups is 1. The molecule has 0 aliphatic carbocycles. The van der Waals surface area contributed by atoms with Gasteiger partial charge in [-0.1, -0.05) is 12.1 Å². The van der Waals surface area contributed by atoms with Crippen LogP contribution in [-0.4, -0.2) is 44.7 Å². The van der Waals surface area contributed by atoms with Crippen molar-refractivity contribution in [3.63, 3.8) is 0 Å². The van der Waals surface area contributed by atoms with Crippen LogP contribution in [0.3, 0.4) is 0 Å². The summed E-state index contributed by atoms with van der Waals surface area (Å²) in [7, 11) is 4.97. The van der Waals surface area contributed by atoms with E-state index in [0.717, 1.165) is 11.3 Å². The molecule has 0 aromatic heterocycles. The van der Waals surface area contributed by atoms with Gasteiger partial charge in [-0.15, -0.1) is 0 Å². The fourth-order valence-electron chi connectivity index (χ4n) is 1.73. The fraction of sp³-hybridized carbons (Fsp3) is 0.500. The summed E-state index contributed by atoms with van der Waals surface area (Å²) in [5, 5.41) is 0. The smallest absolute Gasteiger partial charge is 0.239 e. The van der Waals surface area contributed by atoms with E-state index in [0.29, 0.717) is 19.6 Å². The summed E-state index contributed by atoms with van der Waals surface area (Å²) >= 11 is 0. The van der Waals surface area contributed by atoms with Gasteiger partial charge in [-0.25, -0.2) is 0 Å². The first-order chi connectivity index (χ1) is 9.08. The molecule has 0 heterocycles. The van der Waals surface area contributed by atoms with Crippen LogP contribution >= 0.6 is 0 Å². The second-order valence-electron chi connectivity index (χ2n) is 4.43. The highest BCUT2D eigenvalue weighted by atomic mass is 16.5. The molecule has 1 rings (SSSR count). The molecule has 1 atom stereocenters. The number of nitrogens with two attached hydrogens (primary N) is 1. The third-order valence-electron chi connectivity index (χ3n) is 2.91. The van der Waals surface area contributed by atoms with Crippen molar-refractivity contribution < 1.29 is 14.3 Å². The van der Waals surface area contributed by atoms with Gasteiger partial charge in [0.2, 0.25) is 5.91 Å². The topological polar surface area (TPSA) is 64.8 Å². The minimum absolute atomic E-state index is 0.0760. The number of carbonyl (C=O) groups excluding carboxylic acids is 1. The molecule has 0 bridgehead atoms. The molecule has 0 saturated heterocycles. The van der Waals surface area contributed by atoms with Crippen molar-refractivity contribution in [1.82, 2.24) is 4.90 Å². The Labute approximate surface area is 114 Å². The number of ether oxygens (including phenoxy) is 2. The Balaban J connectivity index is 2.52. The molecular formula is C14H22N2O3. The number of nitrogens with zero attached hydrogens (tertiary/aromatic N) is 1. The van der Waals surface area contributed by atoms with E-state index >= 15 is 0 Å². The molecule has 1 aromatic rings. The third kappa shape index (κ3) is 4.89. The highest BCUT2D eigenvalue weighted by Gasteiger charge is 2.17. The molecule has 0 spiro atoms. The van der Waals surface area contributed by atoms with Crippen LogP contribution in [0, 0.1) is 0 Å². The van der Waals surface area contributed by atoms with Crippen LogP contribution in [0.5, 0.6) is 5.75 Å². The quantitative estimate of drug-likeness (QED) is 0.800. The van der Waals surface area contributed by atoms with Gasteiger partial charge >= 0.3 is 0 Å². The first kappa shape index (κ1) is 15.5. The minimum Gasteiger partial charge on any atom is -0.497 e. The number of likely N-dealkylation sites (N-methyl/N-ethyl adjacent to an activating group) is 1. The number of hydrogen-bond acceptors (Lipinski definition) is 4. The first-order valence-corrected chi connectivity index (χ1v) is 6.21. The Morgan fingerprint density at radius 1 is 1.32 bits per heavy atom. The zero-order chi connectivity index (χ0) is 14.3. The Morgan fingerprint density at radius 2 is 1.95 bits per heavy atom. The molecular weight excluding hydrogens is 244 g/mol. The molecule has 2 N–H and O–H groups in total. The molecule has 0 fully saturated rings. The van der Waals surface area contributed by atoms with Crippen molar-refractivity contribution in [2.45, 2.75) is 19.0 Å². The molecule has 0 radical (unpaired) electrons. The van der Waals surface area contributed by atoms with Gasteiger partial charge in [0.15, 0.2) is 0 Å². The predicted molar refractivity (Wildman–Crippen MR) is 73.9 cm³/mol. The summed E-state index contributed by atoms with van der Waals surface area (Å²) in [6.45, 7) is 1.02. The van der Waals surface area contributed by atoms with Gasteiger partial charge < -0.3 is 20.1 Å². The molecule has 1 unspecified atom stereocenters. The summed E-state index contributed by atoms with van der Waals surface area (Å²) in [4.78, 5) is 13.6. The molecule has 0 aliphatic rings. The standard InChI is InChI=1S/C14H22N2O3/c1-16(14(17)13(15)8-9-18-2)10-11-4-6-12(19-3)7-5-11/h4-7,13H,8-10,15H2,1-3H3. The van der Waals surface area contributed by atoms with Crippen LogP contribution in [0.2, 0.25) is 0 Å². The third-order valence-corrected chi connectivity index (χ3v) is 2.91. The lowest BCUT2D eigenvalue weighted by molar-refractivity contribution is -0.132. The largest absolute Gasteiger partial charge is 0.497 e. The van der Waals surface area contributed by atoms with Gasteiger partial charge in [-0.3, -0.25) is 4.79 Å². The molecule has 0 aliphatic heterocycles. The number of hydrogen-bond donors (Lipinski definition) is 1. The molecule has 5 nitrogen and oxygen atoms in total. The summed E-state index contributed by atoms with van der Waals surface area (Å²) in [5.41, 5.74) is 6.85.